The van der Waals surface area contributed by atoms with E-state index in [4.69, 9.17) is 4.74 Å². The second kappa shape index (κ2) is 8.66. The Kier molecular flexibility index (Phi) is 6.85. The van der Waals surface area contributed by atoms with Gasteiger partial charge in [0.15, 0.2) is 0 Å². The third-order valence-electron chi connectivity index (χ3n) is 6.02. The van der Waals surface area contributed by atoms with E-state index in [9.17, 15) is 4.79 Å². The van der Waals surface area contributed by atoms with Crippen LogP contribution in [0.2, 0.25) is 0 Å². The SMILES string of the molecule is CCC[N+](CC)(CCOC(=O)C1CCc2ccccc21)C(C)CC. The molecule has 3 unspecified atom stereocenters. The zero-order valence-electron chi connectivity index (χ0n) is 15.9. The molecule has 3 heteroatoms. The first-order valence-corrected chi connectivity index (χ1v) is 9.68. The van der Waals surface area contributed by atoms with Crippen molar-refractivity contribution in [2.24, 2.45) is 0 Å². The summed E-state index contributed by atoms with van der Waals surface area (Å²) in [5.41, 5.74) is 2.48. The van der Waals surface area contributed by atoms with Gasteiger partial charge < -0.3 is 9.22 Å². The Morgan fingerprint density at radius 3 is 2.67 bits per heavy atom. The maximum atomic E-state index is 12.6. The highest BCUT2D eigenvalue weighted by atomic mass is 16.5. The van der Waals surface area contributed by atoms with Crippen LogP contribution in [0.5, 0.6) is 0 Å². The Labute approximate surface area is 147 Å². The molecule has 0 aromatic heterocycles. The Morgan fingerprint density at radius 1 is 1.25 bits per heavy atom. The Bertz CT molecular complexity index is 542. The maximum Gasteiger partial charge on any atom is 0.313 e. The Balaban J connectivity index is 1.94. The van der Waals surface area contributed by atoms with E-state index in [0.717, 1.165) is 43.4 Å². The lowest BCUT2D eigenvalue weighted by Crippen LogP contribution is -2.56. The number of hydrogen-bond donors (Lipinski definition) is 0. The molecule has 24 heavy (non-hydrogen) atoms. The van der Waals surface area contributed by atoms with Crippen LogP contribution in [-0.4, -0.2) is 42.7 Å². The molecule has 0 saturated heterocycles. The third kappa shape index (κ3) is 4.00. The number of carbonyl (C=O) groups is 1. The Morgan fingerprint density at radius 2 is 2.00 bits per heavy atom. The van der Waals surface area contributed by atoms with Crippen LogP contribution in [0.4, 0.5) is 0 Å². The van der Waals surface area contributed by atoms with Crippen molar-refractivity contribution in [3.05, 3.63) is 35.4 Å². The van der Waals surface area contributed by atoms with Crippen LogP contribution in [0, 0.1) is 0 Å². The summed E-state index contributed by atoms with van der Waals surface area (Å²) in [5, 5.41) is 0. The number of likely N-dealkylation sites (N-methyl/N-ethyl adjacent to an activating group) is 1. The number of rotatable bonds is 9. The molecule has 0 fully saturated rings. The van der Waals surface area contributed by atoms with Gasteiger partial charge in [0.25, 0.3) is 0 Å². The fourth-order valence-corrected chi connectivity index (χ4v) is 4.24. The zero-order valence-corrected chi connectivity index (χ0v) is 15.9. The second-order valence-electron chi connectivity index (χ2n) is 7.20. The molecule has 0 bridgehead atoms. The predicted molar refractivity (Wildman–Crippen MR) is 99.0 cm³/mol. The minimum Gasteiger partial charge on any atom is -0.459 e. The molecule has 0 saturated carbocycles. The molecule has 2 rings (SSSR count). The number of ether oxygens (including phenoxy) is 1. The van der Waals surface area contributed by atoms with Gasteiger partial charge in [-0.1, -0.05) is 38.1 Å². The van der Waals surface area contributed by atoms with Gasteiger partial charge in [0.2, 0.25) is 0 Å². The molecule has 0 heterocycles. The second-order valence-corrected chi connectivity index (χ2v) is 7.20. The monoisotopic (exact) mass is 332 g/mol. The summed E-state index contributed by atoms with van der Waals surface area (Å²) in [4.78, 5) is 12.6. The largest absolute Gasteiger partial charge is 0.459 e. The molecule has 0 spiro atoms. The molecule has 1 aromatic carbocycles. The van der Waals surface area contributed by atoms with Crippen molar-refractivity contribution in [2.75, 3.05) is 26.2 Å². The van der Waals surface area contributed by atoms with Crippen LogP contribution < -0.4 is 0 Å². The highest BCUT2D eigenvalue weighted by Crippen LogP contribution is 2.33. The van der Waals surface area contributed by atoms with Gasteiger partial charge in [0.05, 0.1) is 25.0 Å². The van der Waals surface area contributed by atoms with E-state index in [1.54, 1.807) is 0 Å². The number of nitrogens with zero attached hydrogens (tertiary/aromatic N) is 1. The summed E-state index contributed by atoms with van der Waals surface area (Å²) < 4.78 is 6.78. The van der Waals surface area contributed by atoms with Crippen LogP contribution >= 0.6 is 0 Å². The molecule has 0 amide bonds. The van der Waals surface area contributed by atoms with E-state index in [2.05, 4.69) is 45.9 Å². The highest BCUT2D eigenvalue weighted by Gasteiger charge is 2.32. The summed E-state index contributed by atoms with van der Waals surface area (Å²) in [7, 11) is 0. The molecule has 1 aromatic rings. The maximum absolute atomic E-state index is 12.6. The lowest BCUT2D eigenvalue weighted by molar-refractivity contribution is -0.948. The number of benzene rings is 1. The van der Waals surface area contributed by atoms with Gasteiger partial charge in [-0.05, 0) is 50.7 Å². The first-order chi connectivity index (χ1) is 11.6. The smallest absolute Gasteiger partial charge is 0.313 e. The van der Waals surface area contributed by atoms with Crippen molar-refractivity contribution < 1.29 is 14.0 Å². The van der Waals surface area contributed by atoms with Crippen molar-refractivity contribution in [1.29, 1.82) is 0 Å². The molecular weight excluding hydrogens is 298 g/mol. The van der Waals surface area contributed by atoms with Crippen molar-refractivity contribution in [3.63, 3.8) is 0 Å². The van der Waals surface area contributed by atoms with Gasteiger partial charge in [0, 0.05) is 0 Å². The Hall–Kier alpha value is -1.35. The van der Waals surface area contributed by atoms with Gasteiger partial charge in [-0.15, -0.1) is 0 Å². The van der Waals surface area contributed by atoms with Gasteiger partial charge in [-0.2, -0.15) is 0 Å². The fourth-order valence-electron chi connectivity index (χ4n) is 4.24. The molecule has 3 atom stereocenters. The van der Waals surface area contributed by atoms with Gasteiger partial charge in [-0.25, -0.2) is 0 Å². The van der Waals surface area contributed by atoms with Crippen molar-refractivity contribution >= 4 is 5.97 Å². The lowest BCUT2D eigenvalue weighted by Gasteiger charge is -2.42. The number of quaternary nitrogens is 1. The van der Waals surface area contributed by atoms with Gasteiger partial charge in [-0.3, -0.25) is 4.79 Å². The molecule has 0 aliphatic heterocycles. The van der Waals surface area contributed by atoms with Crippen LogP contribution in [0.3, 0.4) is 0 Å². The molecule has 0 radical (unpaired) electrons. The van der Waals surface area contributed by atoms with E-state index >= 15 is 0 Å². The zero-order chi connectivity index (χ0) is 17.6. The van der Waals surface area contributed by atoms with E-state index in [-0.39, 0.29) is 11.9 Å². The van der Waals surface area contributed by atoms with Crippen molar-refractivity contribution in [3.8, 4) is 0 Å². The van der Waals surface area contributed by atoms with Crippen LogP contribution in [0.15, 0.2) is 24.3 Å². The topological polar surface area (TPSA) is 26.3 Å². The van der Waals surface area contributed by atoms with E-state index in [1.807, 2.05) is 6.07 Å². The van der Waals surface area contributed by atoms with Gasteiger partial charge >= 0.3 is 5.97 Å². The predicted octanol–water partition coefficient (Wildman–Crippen LogP) is 4.30. The van der Waals surface area contributed by atoms with E-state index in [1.165, 1.54) is 17.5 Å². The minimum atomic E-state index is -0.0560. The quantitative estimate of drug-likeness (QED) is 0.498. The number of carbonyl (C=O) groups excluding carboxylic acids is 1. The number of esters is 1. The number of fused-ring (bicyclic) bond motifs is 1. The normalized spacial score (nSPS) is 20.2. The fraction of sp³-hybridized carbons (Fsp3) is 0.667. The average Bonchev–Trinajstić information content (AvgIpc) is 3.04. The van der Waals surface area contributed by atoms with Crippen LogP contribution in [-0.2, 0) is 16.0 Å². The molecule has 3 nitrogen and oxygen atoms in total. The molecule has 134 valence electrons. The summed E-state index contributed by atoms with van der Waals surface area (Å²) >= 11 is 0. The summed E-state index contributed by atoms with van der Waals surface area (Å²) in [5.74, 6) is -0.0886. The lowest BCUT2D eigenvalue weighted by atomic mass is 10.0. The summed E-state index contributed by atoms with van der Waals surface area (Å²) in [6.45, 7) is 12.8. The first kappa shape index (κ1) is 19.0. The number of hydrogen-bond acceptors (Lipinski definition) is 2. The van der Waals surface area contributed by atoms with E-state index in [0.29, 0.717) is 12.6 Å². The van der Waals surface area contributed by atoms with Crippen LogP contribution in [0.1, 0.15) is 64.0 Å². The molecule has 0 N–H and O–H groups in total. The first-order valence-electron chi connectivity index (χ1n) is 9.68. The standard InChI is InChI=1S/C21H34NO2/c1-5-14-22(7-3,17(4)6-2)15-16-24-21(23)20-13-12-18-10-8-9-11-19(18)20/h8-11,17,20H,5-7,12-16H2,1-4H3/q+1. The van der Waals surface area contributed by atoms with E-state index < -0.39 is 0 Å². The summed E-state index contributed by atoms with van der Waals surface area (Å²) in [6.07, 6.45) is 4.22. The minimum absolute atomic E-state index is 0.0326. The molecular formula is C21H34NO2+. The summed E-state index contributed by atoms with van der Waals surface area (Å²) in [6, 6.07) is 8.90. The number of aryl methyl sites for hydroxylation is 1. The molecule has 1 aliphatic carbocycles. The van der Waals surface area contributed by atoms with Crippen molar-refractivity contribution in [2.45, 2.75) is 65.3 Å². The third-order valence-corrected chi connectivity index (χ3v) is 6.02. The highest BCUT2D eigenvalue weighted by molar-refractivity contribution is 5.79. The van der Waals surface area contributed by atoms with Crippen molar-refractivity contribution in [1.82, 2.24) is 0 Å². The molecule has 1 aliphatic rings. The van der Waals surface area contributed by atoms with Gasteiger partial charge in [0.1, 0.15) is 13.2 Å². The van der Waals surface area contributed by atoms with Crippen LogP contribution in [0.25, 0.3) is 0 Å². The average molecular weight is 333 g/mol.